The lowest BCUT2D eigenvalue weighted by Gasteiger charge is -2.22. The van der Waals surface area contributed by atoms with Crippen molar-refractivity contribution in [2.24, 2.45) is 0 Å². The second-order valence-electron chi connectivity index (χ2n) is 7.20. The number of thiophene rings is 1. The number of rotatable bonds is 6. The molecule has 5 nitrogen and oxygen atoms in total. The number of aryl methyl sites for hydroxylation is 1. The van der Waals surface area contributed by atoms with Gasteiger partial charge in [-0.3, -0.25) is 9.36 Å². The van der Waals surface area contributed by atoms with Crippen molar-refractivity contribution in [2.45, 2.75) is 44.2 Å². The van der Waals surface area contributed by atoms with Gasteiger partial charge in [-0.2, -0.15) is 4.98 Å². The van der Waals surface area contributed by atoms with Crippen molar-refractivity contribution in [2.75, 3.05) is 11.1 Å². The van der Waals surface area contributed by atoms with E-state index in [0.29, 0.717) is 11.6 Å². The first-order valence-electron chi connectivity index (χ1n) is 9.74. The average molecular weight is 426 g/mol. The number of carbonyl (C=O) groups excluding carboxylic acids is 1. The number of carbonyl (C=O) groups is 1. The molecule has 2 heterocycles. The van der Waals surface area contributed by atoms with Crippen LogP contribution in [-0.4, -0.2) is 21.2 Å². The van der Waals surface area contributed by atoms with E-state index in [2.05, 4.69) is 10.3 Å². The maximum atomic E-state index is 12.8. The zero-order valence-electron chi connectivity index (χ0n) is 16.3. The number of thioether (sulfide) groups is 1. The molecule has 2 aromatic heterocycles. The summed E-state index contributed by atoms with van der Waals surface area (Å²) < 4.78 is 1.82. The number of nitrogens with zero attached hydrogens (tertiary/aromatic N) is 2. The molecule has 0 atom stereocenters. The van der Waals surface area contributed by atoms with Gasteiger partial charge in [-0.1, -0.05) is 30.0 Å². The van der Waals surface area contributed by atoms with E-state index in [1.165, 1.54) is 11.8 Å². The van der Waals surface area contributed by atoms with Crippen LogP contribution in [0.3, 0.4) is 0 Å². The molecule has 0 radical (unpaired) electrons. The van der Waals surface area contributed by atoms with Crippen molar-refractivity contribution in [3.63, 3.8) is 0 Å². The van der Waals surface area contributed by atoms with Gasteiger partial charge in [0, 0.05) is 21.8 Å². The highest BCUT2D eigenvalue weighted by Crippen LogP contribution is 2.29. The molecular formula is C22H23N3O2S2. The Labute approximate surface area is 178 Å². The molecule has 3 aromatic rings. The number of amides is 1. The standard InChI is InChI=1S/C22H23N3O2S2/c1-15-6-4-7-16(12-15)23-20(26)14-29-21-18-9-2-3-10-19(18)25(22(27)24-21)13-17-8-5-11-28-17/h4-8,11-12H,2-3,9-10,13-14H2,1H3,(H,23,26). The molecule has 1 N–H and O–H groups in total. The summed E-state index contributed by atoms with van der Waals surface area (Å²) in [5.74, 6) is 0.150. The highest BCUT2D eigenvalue weighted by atomic mass is 32.2. The topological polar surface area (TPSA) is 64.0 Å². The van der Waals surface area contributed by atoms with Crippen molar-refractivity contribution in [3.8, 4) is 0 Å². The molecule has 4 rings (SSSR count). The predicted octanol–water partition coefficient (Wildman–Crippen LogP) is 4.27. The lowest BCUT2D eigenvalue weighted by Crippen LogP contribution is -2.30. The molecule has 0 fully saturated rings. The number of hydrogen-bond acceptors (Lipinski definition) is 5. The number of anilines is 1. The molecule has 0 saturated heterocycles. The zero-order valence-corrected chi connectivity index (χ0v) is 17.9. The van der Waals surface area contributed by atoms with Gasteiger partial charge in [-0.25, -0.2) is 4.79 Å². The molecule has 1 amide bonds. The maximum absolute atomic E-state index is 12.8. The van der Waals surface area contributed by atoms with Crippen LogP contribution in [0.15, 0.2) is 51.6 Å². The first-order chi connectivity index (χ1) is 14.1. The fourth-order valence-electron chi connectivity index (χ4n) is 3.64. The Morgan fingerprint density at radius 3 is 2.90 bits per heavy atom. The van der Waals surface area contributed by atoms with Crippen LogP contribution in [0, 0.1) is 6.92 Å². The van der Waals surface area contributed by atoms with Gasteiger partial charge < -0.3 is 5.32 Å². The van der Waals surface area contributed by atoms with Gasteiger partial charge in [0.15, 0.2) is 0 Å². The van der Waals surface area contributed by atoms with Crippen molar-refractivity contribution < 1.29 is 4.79 Å². The summed E-state index contributed by atoms with van der Waals surface area (Å²) in [4.78, 5) is 30.6. The van der Waals surface area contributed by atoms with E-state index in [1.807, 2.05) is 53.3 Å². The number of nitrogens with one attached hydrogen (secondary N) is 1. The second kappa shape index (κ2) is 8.97. The summed E-state index contributed by atoms with van der Waals surface area (Å²) in [5.41, 5.74) is 3.89. The van der Waals surface area contributed by atoms with E-state index in [4.69, 9.17) is 0 Å². The van der Waals surface area contributed by atoms with Gasteiger partial charge in [0.2, 0.25) is 5.91 Å². The average Bonchev–Trinajstić information content (AvgIpc) is 3.22. The van der Waals surface area contributed by atoms with Crippen LogP contribution in [0.1, 0.15) is 34.5 Å². The molecule has 29 heavy (non-hydrogen) atoms. The minimum atomic E-state index is -0.222. The van der Waals surface area contributed by atoms with Gasteiger partial charge >= 0.3 is 5.69 Å². The third kappa shape index (κ3) is 4.79. The van der Waals surface area contributed by atoms with E-state index in [-0.39, 0.29) is 17.3 Å². The highest BCUT2D eigenvalue weighted by Gasteiger charge is 2.21. The van der Waals surface area contributed by atoms with E-state index < -0.39 is 0 Å². The summed E-state index contributed by atoms with van der Waals surface area (Å²) >= 11 is 3.02. The number of aromatic nitrogens is 2. The Morgan fingerprint density at radius 2 is 2.10 bits per heavy atom. The second-order valence-corrected chi connectivity index (χ2v) is 9.20. The predicted molar refractivity (Wildman–Crippen MR) is 119 cm³/mol. The van der Waals surface area contributed by atoms with Crippen molar-refractivity contribution in [1.82, 2.24) is 9.55 Å². The molecule has 1 aliphatic carbocycles. The molecule has 0 unspecified atom stereocenters. The highest BCUT2D eigenvalue weighted by molar-refractivity contribution is 8.00. The quantitative estimate of drug-likeness (QED) is 0.473. The first kappa shape index (κ1) is 19.9. The molecule has 0 bridgehead atoms. The largest absolute Gasteiger partial charge is 0.349 e. The van der Waals surface area contributed by atoms with Crippen molar-refractivity contribution >= 4 is 34.7 Å². The van der Waals surface area contributed by atoms with Crippen LogP contribution in [0.4, 0.5) is 5.69 Å². The van der Waals surface area contributed by atoms with Gasteiger partial charge in [0.25, 0.3) is 0 Å². The Kier molecular flexibility index (Phi) is 6.16. The van der Waals surface area contributed by atoms with Gasteiger partial charge in [-0.05, 0) is 61.7 Å². The fraction of sp³-hybridized carbons (Fsp3) is 0.318. The first-order valence-corrected chi connectivity index (χ1v) is 11.6. The van der Waals surface area contributed by atoms with Crippen LogP contribution < -0.4 is 11.0 Å². The third-order valence-corrected chi connectivity index (χ3v) is 6.87. The molecule has 0 spiro atoms. The normalized spacial score (nSPS) is 13.1. The lowest BCUT2D eigenvalue weighted by atomic mass is 9.97. The van der Waals surface area contributed by atoms with Crippen LogP contribution in [0.25, 0.3) is 0 Å². The summed E-state index contributed by atoms with van der Waals surface area (Å²) in [6.45, 7) is 2.57. The van der Waals surface area contributed by atoms with Gasteiger partial charge in [0.05, 0.1) is 12.3 Å². The Hall–Kier alpha value is -2.38. The number of fused-ring (bicyclic) bond motifs is 1. The van der Waals surface area contributed by atoms with Crippen molar-refractivity contribution in [3.05, 3.63) is 74.0 Å². The van der Waals surface area contributed by atoms with E-state index in [9.17, 15) is 9.59 Å². The smallest absolute Gasteiger partial charge is 0.325 e. The van der Waals surface area contributed by atoms with Crippen molar-refractivity contribution in [1.29, 1.82) is 0 Å². The van der Waals surface area contributed by atoms with E-state index in [0.717, 1.165) is 53.1 Å². The molecule has 150 valence electrons. The summed E-state index contributed by atoms with van der Waals surface area (Å²) in [7, 11) is 0. The minimum Gasteiger partial charge on any atom is -0.325 e. The Bertz CT molecular complexity index is 1070. The molecule has 1 aromatic carbocycles. The molecule has 0 aliphatic heterocycles. The van der Waals surface area contributed by atoms with Crippen LogP contribution >= 0.6 is 23.1 Å². The molecule has 0 saturated carbocycles. The summed E-state index contributed by atoms with van der Waals surface area (Å²) in [6.07, 6.45) is 3.98. The lowest BCUT2D eigenvalue weighted by molar-refractivity contribution is -0.113. The summed E-state index contributed by atoms with van der Waals surface area (Å²) in [5, 5.41) is 5.66. The van der Waals surface area contributed by atoms with Gasteiger partial charge in [0.1, 0.15) is 5.03 Å². The molecule has 7 heteroatoms. The number of hydrogen-bond donors (Lipinski definition) is 1. The Morgan fingerprint density at radius 1 is 1.24 bits per heavy atom. The zero-order chi connectivity index (χ0) is 20.2. The van der Waals surface area contributed by atoms with Crippen LogP contribution in [0.5, 0.6) is 0 Å². The number of benzene rings is 1. The van der Waals surface area contributed by atoms with E-state index in [1.54, 1.807) is 11.3 Å². The fourth-order valence-corrected chi connectivity index (χ4v) is 5.21. The monoisotopic (exact) mass is 425 g/mol. The third-order valence-electron chi connectivity index (χ3n) is 4.99. The molecular weight excluding hydrogens is 402 g/mol. The maximum Gasteiger partial charge on any atom is 0.349 e. The van der Waals surface area contributed by atoms with Crippen LogP contribution in [0.2, 0.25) is 0 Å². The van der Waals surface area contributed by atoms with E-state index >= 15 is 0 Å². The van der Waals surface area contributed by atoms with Crippen LogP contribution in [-0.2, 0) is 24.2 Å². The molecule has 1 aliphatic rings. The Balaban J connectivity index is 1.52. The minimum absolute atomic E-state index is 0.0882. The summed E-state index contributed by atoms with van der Waals surface area (Å²) in [6, 6.07) is 11.8. The van der Waals surface area contributed by atoms with Gasteiger partial charge in [-0.15, -0.1) is 11.3 Å². The SMILES string of the molecule is Cc1cccc(NC(=O)CSc2nc(=O)n(Cc3cccs3)c3c2CCCC3)c1.